The van der Waals surface area contributed by atoms with Crippen LogP contribution in [-0.4, -0.2) is 12.3 Å². The maximum Gasteiger partial charge on any atom is 0.395 e. The van der Waals surface area contributed by atoms with Gasteiger partial charge >= 0.3 is 12.3 Å². The van der Waals surface area contributed by atoms with Crippen LogP contribution in [0.5, 0.6) is 5.75 Å². The maximum absolute atomic E-state index is 13.1. The van der Waals surface area contributed by atoms with E-state index in [4.69, 9.17) is 0 Å². The van der Waals surface area contributed by atoms with Crippen LogP contribution >= 0.6 is 0 Å². The number of rotatable bonds is 3. The van der Waals surface area contributed by atoms with Crippen LogP contribution in [0.15, 0.2) is 18.2 Å². The molecule has 0 N–H and O–H groups in total. The molecule has 0 aliphatic rings. The molecule has 1 nitrogen and oxygen atoms in total. The molecule has 0 bridgehead atoms. The van der Waals surface area contributed by atoms with Crippen LogP contribution in [-0.2, 0) is 6.42 Å². The van der Waals surface area contributed by atoms with Crippen LogP contribution < -0.4 is 4.74 Å². The normalized spacial score (nSPS) is 12.6. The van der Waals surface area contributed by atoms with Crippen molar-refractivity contribution in [3.8, 4) is 5.75 Å². The largest absolute Gasteiger partial charge is 0.430 e. The highest BCUT2D eigenvalue weighted by molar-refractivity contribution is 5.30. The van der Waals surface area contributed by atoms with Crippen LogP contribution in [0.4, 0.5) is 26.3 Å². The average molecular weight is 258 g/mol. The van der Waals surface area contributed by atoms with Crippen molar-refractivity contribution in [3.05, 3.63) is 29.6 Å². The molecule has 0 atom stereocenters. The lowest BCUT2D eigenvalue weighted by molar-refractivity contribution is -0.160. The summed E-state index contributed by atoms with van der Waals surface area (Å²) in [6.45, 7) is 0.399. The highest BCUT2D eigenvalue weighted by Gasteiger charge is 2.29. The van der Waals surface area contributed by atoms with Crippen LogP contribution in [0, 0.1) is 5.82 Å². The van der Waals surface area contributed by atoms with E-state index in [1.165, 1.54) is 0 Å². The summed E-state index contributed by atoms with van der Waals surface area (Å²) in [5, 5.41) is 0. The molecule has 0 aliphatic heterocycles. The quantitative estimate of drug-likeness (QED) is 0.746. The number of hydrogen-bond donors (Lipinski definition) is 0. The summed E-state index contributed by atoms with van der Waals surface area (Å²) in [4.78, 5) is 0. The first-order valence-electron chi connectivity index (χ1n) is 4.49. The first-order valence-corrected chi connectivity index (χ1v) is 4.49. The van der Waals surface area contributed by atoms with E-state index in [2.05, 4.69) is 4.74 Å². The second kappa shape index (κ2) is 4.46. The van der Waals surface area contributed by atoms with E-state index in [0.29, 0.717) is 13.0 Å². The third kappa shape index (κ3) is 4.97. The Kier molecular flexibility index (Phi) is 3.59. The fraction of sp³-hybridized carbons (Fsp3) is 0.400. The minimum absolute atomic E-state index is 0.359. The van der Waals surface area contributed by atoms with Gasteiger partial charge in [-0.25, -0.2) is 4.39 Å². The van der Waals surface area contributed by atoms with Gasteiger partial charge < -0.3 is 4.74 Å². The number of benzene rings is 1. The first-order chi connectivity index (χ1) is 7.57. The van der Waals surface area contributed by atoms with Gasteiger partial charge in [0.2, 0.25) is 0 Å². The second-order valence-corrected chi connectivity index (χ2v) is 3.47. The second-order valence-electron chi connectivity index (χ2n) is 3.47. The van der Waals surface area contributed by atoms with Crippen molar-refractivity contribution >= 4 is 0 Å². The van der Waals surface area contributed by atoms with Crippen molar-refractivity contribution < 1.29 is 31.1 Å². The standard InChI is InChI=1S/C10H8F6O/c1-9(12,13)17-8-3-2-6(4-7(8)11)5-10(14,15)16/h2-4H,5H2,1H3. The highest BCUT2D eigenvalue weighted by Crippen LogP contribution is 2.27. The summed E-state index contributed by atoms with van der Waals surface area (Å²) in [5.41, 5.74) is -0.359. The lowest BCUT2D eigenvalue weighted by atomic mass is 10.1. The van der Waals surface area contributed by atoms with Gasteiger partial charge in [0.05, 0.1) is 6.42 Å². The van der Waals surface area contributed by atoms with Gasteiger partial charge in [-0.2, -0.15) is 22.0 Å². The van der Waals surface area contributed by atoms with E-state index >= 15 is 0 Å². The first kappa shape index (κ1) is 13.7. The van der Waals surface area contributed by atoms with Gasteiger partial charge in [-0.15, -0.1) is 0 Å². The molecular weight excluding hydrogens is 250 g/mol. The van der Waals surface area contributed by atoms with Gasteiger partial charge in [-0.3, -0.25) is 0 Å². The number of hydrogen-bond acceptors (Lipinski definition) is 1. The van der Waals surface area contributed by atoms with E-state index in [-0.39, 0.29) is 5.56 Å². The molecule has 0 unspecified atom stereocenters. The van der Waals surface area contributed by atoms with Gasteiger partial charge in [0, 0.05) is 6.92 Å². The summed E-state index contributed by atoms with van der Waals surface area (Å²) in [5.74, 6) is -2.04. The molecule has 0 radical (unpaired) electrons. The molecule has 0 fully saturated rings. The number of alkyl halides is 5. The lowest BCUT2D eigenvalue weighted by Crippen LogP contribution is -2.20. The van der Waals surface area contributed by atoms with Crippen LogP contribution in [0.3, 0.4) is 0 Å². The molecule has 96 valence electrons. The van der Waals surface area contributed by atoms with E-state index in [0.717, 1.165) is 12.1 Å². The molecule has 1 aromatic carbocycles. The van der Waals surface area contributed by atoms with Crippen molar-refractivity contribution in [2.75, 3.05) is 0 Å². The smallest absolute Gasteiger partial charge is 0.395 e. The van der Waals surface area contributed by atoms with Gasteiger partial charge in [0.15, 0.2) is 11.6 Å². The van der Waals surface area contributed by atoms with Gasteiger partial charge in [-0.05, 0) is 17.7 Å². The summed E-state index contributed by atoms with van der Waals surface area (Å²) >= 11 is 0. The average Bonchev–Trinajstić information content (AvgIpc) is 2.05. The third-order valence-electron chi connectivity index (χ3n) is 1.69. The highest BCUT2D eigenvalue weighted by atomic mass is 19.4. The van der Waals surface area contributed by atoms with Crippen molar-refractivity contribution in [1.29, 1.82) is 0 Å². The Labute approximate surface area is 93.0 Å². The summed E-state index contributed by atoms with van der Waals surface area (Å²) in [6, 6.07) is 2.15. The monoisotopic (exact) mass is 258 g/mol. The Hall–Kier alpha value is -1.40. The zero-order valence-electron chi connectivity index (χ0n) is 8.62. The van der Waals surface area contributed by atoms with Gasteiger partial charge in [0.25, 0.3) is 0 Å². The molecule has 1 rings (SSSR count). The fourth-order valence-corrected chi connectivity index (χ4v) is 1.16. The minimum Gasteiger partial charge on any atom is -0.430 e. The molecule has 0 aliphatic carbocycles. The molecule has 17 heavy (non-hydrogen) atoms. The molecule has 7 heteroatoms. The summed E-state index contributed by atoms with van der Waals surface area (Å²) < 4.78 is 77.8. The van der Waals surface area contributed by atoms with Crippen LogP contribution in [0.2, 0.25) is 0 Å². The Morgan fingerprint density at radius 1 is 1.12 bits per heavy atom. The van der Waals surface area contributed by atoms with E-state index < -0.39 is 30.3 Å². The van der Waals surface area contributed by atoms with Gasteiger partial charge in [0.1, 0.15) is 0 Å². The molecule has 0 heterocycles. The van der Waals surface area contributed by atoms with E-state index in [1.807, 2.05) is 0 Å². The van der Waals surface area contributed by atoms with Crippen molar-refractivity contribution in [2.45, 2.75) is 25.6 Å². The Bertz CT molecular complexity index is 393. The Morgan fingerprint density at radius 3 is 2.12 bits per heavy atom. The van der Waals surface area contributed by atoms with Crippen LogP contribution in [0.1, 0.15) is 12.5 Å². The molecule has 1 aromatic rings. The van der Waals surface area contributed by atoms with Crippen molar-refractivity contribution in [3.63, 3.8) is 0 Å². The molecule has 0 spiro atoms. The molecule has 0 amide bonds. The Morgan fingerprint density at radius 2 is 1.71 bits per heavy atom. The molecule has 0 saturated carbocycles. The summed E-state index contributed by atoms with van der Waals surface area (Å²) in [7, 11) is 0. The van der Waals surface area contributed by atoms with Crippen molar-refractivity contribution in [1.82, 2.24) is 0 Å². The maximum atomic E-state index is 13.1. The zero-order chi connectivity index (χ0) is 13.3. The minimum atomic E-state index is -4.48. The van der Waals surface area contributed by atoms with E-state index in [9.17, 15) is 26.3 Å². The predicted molar refractivity (Wildman–Crippen MR) is 47.4 cm³/mol. The van der Waals surface area contributed by atoms with Gasteiger partial charge in [-0.1, -0.05) is 6.07 Å². The molecular formula is C10H8F6O. The third-order valence-corrected chi connectivity index (χ3v) is 1.69. The molecule has 0 saturated heterocycles. The fourth-order valence-electron chi connectivity index (χ4n) is 1.16. The summed E-state index contributed by atoms with van der Waals surface area (Å²) in [6.07, 6.45) is -9.40. The zero-order valence-corrected chi connectivity index (χ0v) is 8.62. The lowest BCUT2D eigenvalue weighted by Gasteiger charge is -2.14. The Balaban J connectivity index is 2.87. The van der Waals surface area contributed by atoms with E-state index in [1.54, 1.807) is 0 Å². The number of ether oxygens (including phenoxy) is 1. The number of halogens is 6. The topological polar surface area (TPSA) is 9.23 Å². The van der Waals surface area contributed by atoms with Crippen LogP contribution in [0.25, 0.3) is 0 Å². The molecule has 0 aromatic heterocycles. The van der Waals surface area contributed by atoms with Crippen molar-refractivity contribution in [2.24, 2.45) is 0 Å². The SMILES string of the molecule is CC(F)(F)Oc1ccc(CC(F)(F)F)cc1F. The predicted octanol–water partition coefficient (Wildman–Crippen LogP) is 3.92.